The summed E-state index contributed by atoms with van der Waals surface area (Å²) in [6, 6.07) is 4.65. The minimum Gasteiger partial charge on any atom is -0.508 e. The van der Waals surface area contributed by atoms with Crippen molar-refractivity contribution in [3.63, 3.8) is 0 Å². The highest BCUT2D eigenvalue weighted by Crippen LogP contribution is 2.27. The Morgan fingerprint density at radius 1 is 1.22 bits per heavy atom. The first kappa shape index (κ1) is 14.8. The van der Waals surface area contributed by atoms with E-state index in [1.807, 2.05) is 6.92 Å². The molecule has 102 valence electrons. The lowest BCUT2D eigenvalue weighted by Gasteiger charge is -2.16. The van der Waals surface area contributed by atoms with Crippen molar-refractivity contribution >= 4 is 0 Å². The monoisotopic (exact) mass is 252 g/mol. The van der Waals surface area contributed by atoms with Gasteiger partial charge in [-0.05, 0) is 65.1 Å². The number of hydrogen-bond acceptors (Lipinski definition) is 4. The Bertz CT molecular complexity index is 367. The average Bonchev–Trinajstić information content (AvgIpc) is 2.31. The Hall–Kier alpha value is -1.26. The van der Waals surface area contributed by atoms with Crippen molar-refractivity contribution in [2.75, 3.05) is 27.2 Å². The molecule has 4 heteroatoms. The number of rotatable bonds is 7. The van der Waals surface area contributed by atoms with Crippen LogP contribution < -0.4 is 5.32 Å². The Balaban J connectivity index is 2.36. The highest BCUT2D eigenvalue weighted by molar-refractivity contribution is 5.40. The van der Waals surface area contributed by atoms with Crippen LogP contribution in [0.3, 0.4) is 0 Å². The summed E-state index contributed by atoms with van der Waals surface area (Å²) < 4.78 is 0. The Labute approximate surface area is 109 Å². The van der Waals surface area contributed by atoms with Gasteiger partial charge in [-0.3, -0.25) is 0 Å². The number of nitrogens with one attached hydrogen (secondary N) is 1. The van der Waals surface area contributed by atoms with Gasteiger partial charge in [0.05, 0.1) is 0 Å². The fourth-order valence-electron chi connectivity index (χ4n) is 1.87. The highest BCUT2D eigenvalue weighted by Gasteiger charge is 2.10. The smallest absolute Gasteiger partial charge is 0.120 e. The third-order valence-electron chi connectivity index (χ3n) is 2.96. The average molecular weight is 252 g/mol. The van der Waals surface area contributed by atoms with E-state index in [4.69, 9.17) is 0 Å². The third kappa shape index (κ3) is 4.94. The molecular weight excluding hydrogens is 228 g/mol. The molecule has 0 aromatic heterocycles. The highest BCUT2D eigenvalue weighted by atomic mass is 16.3. The fraction of sp³-hybridized carbons (Fsp3) is 0.571. The topological polar surface area (TPSA) is 55.7 Å². The van der Waals surface area contributed by atoms with Crippen LogP contribution in [0.25, 0.3) is 0 Å². The largest absolute Gasteiger partial charge is 0.508 e. The lowest BCUT2D eigenvalue weighted by molar-refractivity contribution is 0.387. The van der Waals surface area contributed by atoms with Crippen LogP contribution in [-0.2, 0) is 0 Å². The van der Waals surface area contributed by atoms with Crippen molar-refractivity contribution in [3.8, 4) is 11.5 Å². The second-order valence-electron chi connectivity index (χ2n) is 4.93. The van der Waals surface area contributed by atoms with Gasteiger partial charge in [0.2, 0.25) is 0 Å². The van der Waals surface area contributed by atoms with Crippen LogP contribution in [0.4, 0.5) is 0 Å². The summed E-state index contributed by atoms with van der Waals surface area (Å²) >= 11 is 0. The van der Waals surface area contributed by atoms with Crippen molar-refractivity contribution in [2.45, 2.75) is 25.8 Å². The molecule has 0 saturated heterocycles. The summed E-state index contributed by atoms with van der Waals surface area (Å²) in [6.45, 7) is 3.98. The van der Waals surface area contributed by atoms with Gasteiger partial charge < -0.3 is 20.4 Å². The lowest BCUT2D eigenvalue weighted by atomic mass is 10.1. The number of nitrogens with zero attached hydrogens (tertiary/aromatic N) is 1. The summed E-state index contributed by atoms with van der Waals surface area (Å²) in [7, 11) is 4.14. The molecule has 1 aromatic carbocycles. The summed E-state index contributed by atoms with van der Waals surface area (Å²) in [4.78, 5) is 2.17. The van der Waals surface area contributed by atoms with E-state index >= 15 is 0 Å². The zero-order valence-corrected chi connectivity index (χ0v) is 11.5. The minimum absolute atomic E-state index is 0.0384. The van der Waals surface area contributed by atoms with Crippen molar-refractivity contribution in [2.24, 2.45) is 0 Å². The Morgan fingerprint density at radius 3 is 2.61 bits per heavy atom. The predicted octanol–water partition coefficient (Wildman–Crippen LogP) is 2.09. The second-order valence-corrected chi connectivity index (χ2v) is 4.93. The molecule has 0 heterocycles. The molecule has 0 spiro atoms. The number of hydrogen-bond donors (Lipinski definition) is 3. The van der Waals surface area contributed by atoms with Crippen LogP contribution in [0.15, 0.2) is 18.2 Å². The number of unbranched alkanes of at least 4 members (excludes halogenated alkanes) is 1. The molecule has 1 unspecified atom stereocenters. The molecule has 1 aromatic rings. The van der Waals surface area contributed by atoms with Gasteiger partial charge in [0.15, 0.2) is 0 Å². The van der Waals surface area contributed by atoms with E-state index in [-0.39, 0.29) is 17.5 Å². The third-order valence-corrected chi connectivity index (χ3v) is 2.96. The Morgan fingerprint density at radius 2 is 1.94 bits per heavy atom. The van der Waals surface area contributed by atoms with E-state index in [1.165, 1.54) is 12.1 Å². The first-order valence-electron chi connectivity index (χ1n) is 6.40. The van der Waals surface area contributed by atoms with Crippen LogP contribution in [-0.4, -0.2) is 42.3 Å². The first-order valence-corrected chi connectivity index (χ1v) is 6.40. The minimum atomic E-state index is 0.0384. The molecule has 1 rings (SSSR count). The normalized spacial score (nSPS) is 12.9. The van der Waals surface area contributed by atoms with E-state index < -0.39 is 0 Å². The molecule has 1 atom stereocenters. The van der Waals surface area contributed by atoms with Crippen molar-refractivity contribution in [1.82, 2.24) is 10.2 Å². The molecule has 0 aliphatic carbocycles. The van der Waals surface area contributed by atoms with Gasteiger partial charge in [-0.15, -0.1) is 0 Å². The Kier molecular flexibility index (Phi) is 5.95. The van der Waals surface area contributed by atoms with Crippen LogP contribution >= 0.6 is 0 Å². The van der Waals surface area contributed by atoms with Crippen LogP contribution in [0.5, 0.6) is 11.5 Å². The molecule has 0 fully saturated rings. The molecule has 18 heavy (non-hydrogen) atoms. The van der Waals surface area contributed by atoms with Crippen LogP contribution in [0, 0.1) is 0 Å². The lowest BCUT2D eigenvalue weighted by Crippen LogP contribution is -2.21. The molecule has 4 nitrogen and oxygen atoms in total. The summed E-state index contributed by atoms with van der Waals surface area (Å²) in [5, 5.41) is 22.5. The van der Waals surface area contributed by atoms with Crippen molar-refractivity contribution in [1.29, 1.82) is 0 Å². The maximum atomic E-state index is 9.72. The van der Waals surface area contributed by atoms with Gasteiger partial charge in [-0.25, -0.2) is 0 Å². The predicted molar refractivity (Wildman–Crippen MR) is 74.0 cm³/mol. The standard InChI is InChI=1S/C14H24N2O2/c1-11(15-8-4-5-9-16(2)3)13-10-12(17)6-7-14(13)18/h6-7,10-11,15,17-18H,4-5,8-9H2,1-3H3. The SMILES string of the molecule is CC(NCCCCN(C)C)c1cc(O)ccc1O. The number of phenols is 2. The van der Waals surface area contributed by atoms with Crippen molar-refractivity contribution < 1.29 is 10.2 Å². The zero-order chi connectivity index (χ0) is 13.5. The fourth-order valence-corrected chi connectivity index (χ4v) is 1.87. The molecule has 0 bridgehead atoms. The van der Waals surface area contributed by atoms with Crippen LogP contribution in [0.1, 0.15) is 31.4 Å². The van der Waals surface area contributed by atoms with Gasteiger partial charge in [-0.1, -0.05) is 0 Å². The maximum Gasteiger partial charge on any atom is 0.120 e. The van der Waals surface area contributed by atoms with Gasteiger partial charge >= 0.3 is 0 Å². The molecule has 3 N–H and O–H groups in total. The van der Waals surface area contributed by atoms with Gasteiger partial charge in [0, 0.05) is 11.6 Å². The van der Waals surface area contributed by atoms with E-state index in [9.17, 15) is 10.2 Å². The molecule has 0 aliphatic heterocycles. The maximum absolute atomic E-state index is 9.72. The molecule has 0 aliphatic rings. The summed E-state index contributed by atoms with van der Waals surface area (Å²) in [5.74, 6) is 0.408. The van der Waals surface area contributed by atoms with Gasteiger partial charge in [-0.2, -0.15) is 0 Å². The van der Waals surface area contributed by atoms with Gasteiger partial charge in [0.1, 0.15) is 11.5 Å². The first-order chi connectivity index (χ1) is 8.50. The molecular formula is C14H24N2O2. The quantitative estimate of drug-likeness (QED) is 0.514. The number of aromatic hydroxyl groups is 2. The van der Waals surface area contributed by atoms with E-state index in [2.05, 4.69) is 24.3 Å². The summed E-state index contributed by atoms with van der Waals surface area (Å²) in [6.07, 6.45) is 2.25. The number of phenolic OH excluding ortho intramolecular Hbond substituents is 2. The zero-order valence-electron chi connectivity index (χ0n) is 11.5. The van der Waals surface area contributed by atoms with Gasteiger partial charge in [0.25, 0.3) is 0 Å². The van der Waals surface area contributed by atoms with Crippen LogP contribution in [0.2, 0.25) is 0 Å². The van der Waals surface area contributed by atoms with Crippen molar-refractivity contribution in [3.05, 3.63) is 23.8 Å². The molecule has 0 amide bonds. The molecule has 0 radical (unpaired) electrons. The van der Waals surface area contributed by atoms with E-state index in [1.54, 1.807) is 6.07 Å². The number of benzene rings is 1. The summed E-state index contributed by atoms with van der Waals surface area (Å²) in [5.41, 5.74) is 0.739. The van der Waals surface area contributed by atoms with E-state index in [0.717, 1.165) is 31.5 Å². The van der Waals surface area contributed by atoms with E-state index in [0.29, 0.717) is 0 Å². The second kappa shape index (κ2) is 7.24. The molecule has 0 saturated carbocycles.